The number of nitrogens with two attached hydrogens (primary N) is 1. The Hall–Kier alpha value is -2.12. The highest BCUT2D eigenvalue weighted by atomic mass is 16.6. The lowest BCUT2D eigenvalue weighted by Crippen LogP contribution is -2.33. The van der Waals surface area contributed by atoms with Crippen molar-refractivity contribution in [1.29, 1.82) is 0 Å². The van der Waals surface area contributed by atoms with Crippen LogP contribution in [-0.4, -0.2) is 14.5 Å². The van der Waals surface area contributed by atoms with Crippen LogP contribution in [0.1, 0.15) is 6.92 Å². The quantitative estimate of drug-likeness (QED) is 0.470. The van der Waals surface area contributed by atoms with Crippen molar-refractivity contribution in [1.82, 2.24) is 9.55 Å². The lowest BCUT2D eigenvalue weighted by Gasteiger charge is -2.04. The van der Waals surface area contributed by atoms with E-state index in [1.807, 2.05) is 4.98 Å². The molecule has 1 aromatic rings. The van der Waals surface area contributed by atoms with Gasteiger partial charge in [0.15, 0.2) is 5.82 Å². The van der Waals surface area contributed by atoms with E-state index in [0.29, 0.717) is 0 Å². The molecule has 0 radical (unpaired) electrons. The summed E-state index contributed by atoms with van der Waals surface area (Å²) in [7, 11) is 0. The normalized spacial score (nSPS) is 10.1. The van der Waals surface area contributed by atoms with E-state index in [2.05, 4.69) is 0 Å². The predicted molar refractivity (Wildman–Crippen MR) is 48.1 cm³/mol. The Morgan fingerprint density at radius 2 is 2.14 bits per heavy atom. The fourth-order valence-corrected chi connectivity index (χ4v) is 1.07. The van der Waals surface area contributed by atoms with Gasteiger partial charge in [-0.25, -0.2) is 4.79 Å². The molecule has 0 unspecified atom stereocenters. The molecule has 0 atom stereocenters. The van der Waals surface area contributed by atoms with Crippen LogP contribution in [0.5, 0.6) is 0 Å². The van der Waals surface area contributed by atoms with Gasteiger partial charge in [-0.2, -0.15) is 0 Å². The van der Waals surface area contributed by atoms with Crippen LogP contribution < -0.4 is 17.0 Å². The molecule has 0 saturated carbocycles. The van der Waals surface area contributed by atoms with Crippen molar-refractivity contribution < 1.29 is 4.92 Å². The molecule has 0 aliphatic rings. The van der Waals surface area contributed by atoms with E-state index in [1.54, 1.807) is 6.92 Å². The summed E-state index contributed by atoms with van der Waals surface area (Å²) in [4.78, 5) is 33.4. The molecular formula is C6H8N4O4. The number of nitrogen functional groups attached to an aromatic ring is 1. The van der Waals surface area contributed by atoms with Crippen LogP contribution in [0.15, 0.2) is 9.59 Å². The highest BCUT2D eigenvalue weighted by Gasteiger charge is 2.21. The Bertz CT molecular complexity index is 486. The molecule has 8 nitrogen and oxygen atoms in total. The first-order valence-corrected chi connectivity index (χ1v) is 3.76. The SMILES string of the molecule is CCn1c(N)c([N+](=O)[O-])c(=O)[nH]c1=O. The molecule has 0 aliphatic heterocycles. The summed E-state index contributed by atoms with van der Waals surface area (Å²) in [5.74, 6) is -0.425. The van der Waals surface area contributed by atoms with Crippen LogP contribution >= 0.6 is 0 Å². The minimum absolute atomic E-state index is 0.155. The van der Waals surface area contributed by atoms with E-state index in [-0.39, 0.29) is 6.54 Å². The number of hydrogen-bond donors (Lipinski definition) is 2. The minimum atomic E-state index is -1.08. The van der Waals surface area contributed by atoms with E-state index in [1.165, 1.54) is 0 Å². The van der Waals surface area contributed by atoms with E-state index in [9.17, 15) is 19.7 Å². The van der Waals surface area contributed by atoms with Crippen LogP contribution in [0.3, 0.4) is 0 Å². The molecule has 76 valence electrons. The molecule has 0 amide bonds. The Balaban J connectivity index is 3.69. The number of aromatic amines is 1. The first-order valence-electron chi connectivity index (χ1n) is 3.76. The number of anilines is 1. The van der Waals surface area contributed by atoms with Crippen molar-refractivity contribution in [3.8, 4) is 0 Å². The average Bonchev–Trinajstić information content (AvgIpc) is 2.02. The molecule has 1 heterocycles. The van der Waals surface area contributed by atoms with Gasteiger partial charge in [0, 0.05) is 6.54 Å². The number of nitrogens with zero attached hydrogens (tertiary/aromatic N) is 2. The Labute approximate surface area is 77.1 Å². The zero-order valence-corrected chi connectivity index (χ0v) is 7.31. The van der Waals surface area contributed by atoms with Crippen molar-refractivity contribution >= 4 is 11.5 Å². The zero-order valence-electron chi connectivity index (χ0n) is 7.31. The summed E-state index contributed by atoms with van der Waals surface area (Å²) in [6.07, 6.45) is 0. The number of nitrogens with one attached hydrogen (secondary N) is 1. The van der Waals surface area contributed by atoms with Gasteiger partial charge >= 0.3 is 16.9 Å². The molecule has 0 aliphatic carbocycles. The van der Waals surface area contributed by atoms with Gasteiger partial charge in [-0.15, -0.1) is 0 Å². The zero-order chi connectivity index (χ0) is 10.9. The minimum Gasteiger partial charge on any atom is -0.379 e. The van der Waals surface area contributed by atoms with Crippen molar-refractivity contribution in [3.63, 3.8) is 0 Å². The smallest absolute Gasteiger partial charge is 0.373 e. The van der Waals surface area contributed by atoms with Crippen LogP contribution in [-0.2, 0) is 6.54 Å². The lowest BCUT2D eigenvalue weighted by atomic mass is 10.4. The van der Waals surface area contributed by atoms with Crippen molar-refractivity contribution in [2.24, 2.45) is 0 Å². The lowest BCUT2D eigenvalue weighted by molar-refractivity contribution is -0.385. The third kappa shape index (κ3) is 1.37. The van der Waals surface area contributed by atoms with E-state index < -0.39 is 27.7 Å². The summed E-state index contributed by atoms with van der Waals surface area (Å²) in [5, 5.41) is 10.4. The molecule has 0 fully saturated rings. The molecule has 14 heavy (non-hydrogen) atoms. The van der Waals surface area contributed by atoms with Gasteiger partial charge in [-0.05, 0) is 6.92 Å². The average molecular weight is 200 g/mol. The molecule has 0 saturated heterocycles. The van der Waals surface area contributed by atoms with E-state index in [4.69, 9.17) is 5.73 Å². The fourth-order valence-electron chi connectivity index (χ4n) is 1.07. The Kier molecular flexibility index (Phi) is 2.36. The molecule has 0 spiro atoms. The maximum Gasteiger partial charge on any atom is 0.373 e. The topological polar surface area (TPSA) is 124 Å². The number of rotatable bonds is 2. The Morgan fingerprint density at radius 3 is 2.57 bits per heavy atom. The molecule has 1 aromatic heterocycles. The summed E-state index contributed by atoms with van der Waals surface area (Å²) >= 11 is 0. The molecule has 0 bridgehead atoms. The number of aromatic nitrogens is 2. The van der Waals surface area contributed by atoms with Gasteiger partial charge in [0.05, 0.1) is 4.92 Å². The second kappa shape index (κ2) is 3.32. The van der Waals surface area contributed by atoms with Crippen molar-refractivity contribution in [3.05, 3.63) is 31.0 Å². The third-order valence-corrected chi connectivity index (χ3v) is 1.71. The van der Waals surface area contributed by atoms with Gasteiger partial charge in [0.1, 0.15) is 0 Å². The predicted octanol–water partition coefficient (Wildman–Crippen LogP) is -0.953. The van der Waals surface area contributed by atoms with Crippen LogP contribution in [0.4, 0.5) is 11.5 Å². The van der Waals surface area contributed by atoms with Gasteiger partial charge in [-0.3, -0.25) is 24.5 Å². The van der Waals surface area contributed by atoms with E-state index >= 15 is 0 Å². The maximum absolute atomic E-state index is 11.1. The van der Waals surface area contributed by atoms with Gasteiger partial charge < -0.3 is 5.73 Å². The molecule has 1 rings (SSSR count). The van der Waals surface area contributed by atoms with Crippen LogP contribution in [0.25, 0.3) is 0 Å². The molecular weight excluding hydrogens is 192 g/mol. The summed E-state index contributed by atoms with van der Waals surface area (Å²) in [6.45, 7) is 1.74. The van der Waals surface area contributed by atoms with Gasteiger partial charge in [-0.1, -0.05) is 0 Å². The summed E-state index contributed by atoms with van der Waals surface area (Å²) in [6, 6.07) is 0. The first kappa shape index (κ1) is 9.96. The highest BCUT2D eigenvalue weighted by Crippen LogP contribution is 2.11. The number of H-pyrrole nitrogens is 1. The fraction of sp³-hybridized carbons (Fsp3) is 0.333. The maximum atomic E-state index is 11.1. The van der Waals surface area contributed by atoms with Crippen molar-refractivity contribution in [2.75, 3.05) is 5.73 Å². The Morgan fingerprint density at radius 1 is 1.57 bits per heavy atom. The standard InChI is InChI=1S/C6H8N4O4/c1-2-9-4(7)3(10(13)14)5(11)8-6(9)12/h2,7H2,1H3,(H,8,11,12). The van der Waals surface area contributed by atoms with Gasteiger partial charge in [0.25, 0.3) is 0 Å². The van der Waals surface area contributed by atoms with E-state index in [0.717, 1.165) is 4.57 Å². The number of hydrogen-bond acceptors (Lipinski definition) is 5. The monoisotopic (exact) mass is 200 g/mol. The first-order chi connectivity index (χ1) is 6.49. The summed E-state index contributed by atoms with van der Waals surface area (Å²) < 4.78 is 0.916. The highest BCUT2D eigenvalue weighted by molar-refractivity contribution is 5.50. The third-order valence-electron chi connectivity index (χ3n) is 1.71. The second-order valence-corrected chi connectivity index (χ2v) is 2.49. The summed E-state index contributed by atoms with van der Waals surface area (Å²) in [5.41, 5.74) is 2.67. The van der Waals surface area contributed by atoms with Crippen LogP contribution in [0, 0.1) is 10.1 Å². The molecule has 0 aromatic carbocycles. The largest absolute Gasteiger partial charge is 0.379 e. The van der Waals surface area contributed by atoms with Gasteiger partial charge in [0.2, 0.25) is 0 Å². The molecule has 8 heteroatoms. The molecule has 3 N–H and O–H groups in total. The number of nitro groups is 1. The van der Waals surface area contributed by atoms with Crippen molar-refractivity contribution in [2.45, 2.75) is 13.5 Å². The van der Waals surface area contributed by atoms with Crippen LogP contribution in [0.2, 0.25) is 0 Å². The second-order valence-electron chi connectivity index (χ2n) is 2.49.